The Morgan fingerprint density at radius 1 is 1.40 bits per heavy atom. The molecule has 20 heavy (non-hydrogen) atoms. The van der Waals surface area contributed by atoms with Crippen molar-refractivity contribution in [2.45, 2.75) is 19.8 Å². The highest BCUT2D eigenvalue weighted by Crippen LogP contribution is 2.20. The van der Waals surface area contributed by atoms with Gasteiger partial charge < -0.3 is 9.64 Å². The van der Waals surface area contributed by atoms with Crippen LogP contribution in [0.2, 0.25) is 5.15 Å². The second-order valence-electron chi connectivity index (χ2n) is 4.55. The fourth-order valence-electron chi connectivity index (χ4n) is 2.19. The topological polar surface area (TPSA) is 72.4 Å². The summed E-state index contributed by atoms with van der Waals surface area (Å²) < 4.78 is 5.00. The molecule has 0 atom stereocenters. The molecule has 0 unspecified atom stereocenters. The van der Waals surface area contributed by atoms with E-state index in [4.69, 9.17) is 16.3 Å². The highest BCUT2D eigenvalue weighted by Gasteiger charge is 2.29. The first-order valence-corrected chi connectivity index (χ1v) is 6.93. The summed E-state index contributed by atoms with van der Waals surface area (Å²) in [5, 5.41) is 0.192. The molecule has 108 valence electrons. The molecule has 7 heteroatoms. The molecule has 0 aliphatic carbocycles. The van der Waals surface area contributed by atoms with Crippen LogP contribution >= 0.6 is 11.6 Å². The number of nitrogens with zero attached hydrogens (tertiary/aromatic N) is 3. The van der Waals surface area contributed by atoms with Crippen molar-refractivity contribution in [3.8, 4) is 0 Å². The van der Waals surface area contributed by atoms with Crippen LogP contribution in [0.3, 0.4) is 0 Å². The number of piperidine rings is 1. The number of hydrogen-bond acceptors (Lipinski definition) is 5. The van der Waals surface area contributed by atoms with Crippen molar-refractivity contribution in [3.63, 3.8) is 0 Å². The number of halogens is 1. The van der Waals surface area contributed by atoms with Gasteiger partial charge in [0.1, 0.15) is 10.8 Å². The summed E-state index contributed by atoms with van der Waals surface area (Å²) in [5.41, 5.74) is 0.229. The molecule has 0 aromatic carbocycles. The number of amides is 1. The van der Waals surface area contributed by atoms with Gasteiger partial charge in [0.05, 0.1) is 24.9 Å². The lowest BCUT2D eigenvalue weighted by Crippen LogP contribution is -2.41. The molecule has 2 heterocycles. The van der Waals surface area contributed by atoms with Crippen molar-refractivity contribution >= 4 is 23.5 Å². The van der Waals surface area contributed by atoms with E-state index in [1.165, 1.54) is 12.4 Å². The van der Waals surface area contributed by atoms with Crippen LogP contribution in [0.1, 0.15) is 30.3 Å². The second-order valence-corrected chi connectivity index (χ2v) is 4.93. The highest BCUT2D eigenvalue weighted by atomic mass is 35.5. The molecule has 1 fully saturated rings. The number of likely N-dealkylation sites (tertiary alicyclic amines) is 1. The van der Waals surface area contributed by atoms with E-state index in [0.29, 0.717) is 32.5 Å². The van der Waals surface area contributed by atoms with Gasteiger partial charge in [-0.05, 0) is 19.8 Å². The zero-order valence-electron chi connectivity index (χ0n) is 11.2. The van der Waals surface area contributed by atoms with Crippen LogP contribution in [0.4, 0.5) is 0 Å². The standard InChI is InChI=1S/C13H16ClN3O3/c1-2-20-13(19)9-3-5-17(6-4-9)12(18)10-7-15-8-11(14)16-10/h7-9H,2-6H2,1H3. The van der Waals surface area contributed by atoms with E-state index in [1.54, 1.807) is 11.8 Å². The van der Waals surface area contributed by atoms with Crippen LogP contribution in [0, 0.1) is 5.92 Å². The third-order valence-electron chi connectivity index (χ3n) is 3.23. The van der Waals surface area contributed by atoms with E-state index in [-0.39, 0.29) is 28.6 Å². The minimum atomic E-state index is -0.206. The Labute approximate surface area is 122 Å². The Kier molecular flexibility index (Phi) is 4.89. The first-order valence-electron chi connectivity index (χ1n) is 6.55. The molecular formula is C13H16ClN3O3. The average molecular weight is 298 g/mol. The zero-order chi connectivity index (χ0) is 14.5. The van der Waals surface area contributed by atoms with Gasteiger partial charge in [0.2, 0.25) is 0 Å². The predicted molar refractivity (Wildman–Crippen MR) is 72.3 cm³/mol. The van der Waals surface area contributed by atoms with Crippen molar-refractivity contribution in [1.29, 1.82) is 0 Å². The third kappa shape index (κ3) is 3.45. The van der Waals surface area contributed by atoms with Crippen LogP contribution < -0.4 is 0 Å². The number of esters is 1. The molecule has 0 N–H and O–H groups in total. The van der Waals surface area contributed by atoms with Crippen LogP contribution in [0.25, 0.3) is 0 Å². The molecule has 0 radical (unpaired) electrons. The van der Waals surface area contributed by atoms with Crippen LogP contribution in [-0.2, 0) is 9.53 Å². The first kappa shape index (κ1) is 14.7. The van der Waals surface area contributed by atoms with Gasteiger partial charge in [-0.1, -0.05) is 11.6 Å². The molecule has 2 rings (SSSR count). The summed E-state index contributed by atoms with van der Waals surface area (Å²) >= 11 is 5.72. The molecule has 1 aromatic rings. The minimum Gasteiger partial charge on any atom is -0.466 e. The normalized spacial score (nSPS) is 16.0. The first-order chi connectivity index (χ1) is 9.61. The summed E-state index contributed by atoms with van der Waals surface area (Å²) in [5.74, 6) is -0.506. The number of rotatable bonds is 3. The van der Waals surface area contributed by atoms with Crippen molar-refractivity contribution in [3.05, 3.63) is 23.2 Å². The third-order valence-corrected chi connectivity index (χ3v) is 3.41. The fourth-order valence-corrected chi connectivity index (χ4v) is 2.33. The lowest BCUT2D eigenvalue weighted by molar-refractivity contribution is -0.149. The molecular weight excluding hydrogens is 282 g/mol. The lowest BCUT2D eigenvalue weighted by Gasteiger charge is -2.30. The van der Waals surface area contributed by atoms with Gasteiger partial charge in [0.15, 0.2) is 0 Å². The summed E-state index contributed by atoms with van der Waals surface area (Å²) in [4.78, 5) is 33.3. The van der Waals surface area contributed by atoms with E-state index in [1.807, 2.05) is 0 Å². The van der Waals surface area contributed by atoms with E-state index < -0.39 is 0 Å². The smallest absolute Gasteiger partial charge is 0.309 e. The molecule has 1 aliphatic heterocycles. The number of ether oxygens (including phenoxy) is 1. The molecule has 0 bridgehead atoms. The molecule has 1 aromatic heterocycles. The highest BCUT2D eigenvalue weighted by molar-refractivity contribution is 6.29. The van der Waals surface area contributed by atoms with Gasteiger partial charge in [0.25, 0.3) is 5.91 Å². The van der Waals surface area contributed by atoms with Gasteiger partial charge in [-0.15, -0.1) is 0 Å². The summed E-state index contributed by atoms with van der Waals surface area (Å²) in [6, 6.07) is 0. The van der Waals surface area contributed by atoms with Crippen molar-refractivity contribution < 1.29 is 14.3 Å². The maximum absolute atomic E-state index is 12.2. The number of hydrogen-bond donors (Lipinski definition) is 0. The minimum absolute atomic E-state index is 0.121. The van der Waals surface area contributed by atoms with E-state index >= 15 is 0 Å². The summed E-state index contributed by atoms with van der Waals surface area (Å²) in [6.45, 7) is 3.19. The molecule has 6 nitrogen and oxygen atoms in total. The summed E-state index contributed by atoms with van der Waals surface area (Å²) in [6.07, 6.45) is 3.99. The van der Waals surface area contributed by atoms with Gasteiger partial charge in [-0.2, -0.15) is 0 Å². The quantitative estimate of drug-likeness (QED) is 0.791. The summed E-state index contributed by atoms with van der Waals surface area (Å²) in [7, 11) is 0. The fraction of sp³-hybridized carbons (Fsp3) is 0.538. The largest absolute Gasteiger partial charge is 0.466 e. The van der Waals surface area contributed by atoms with Crippen LogP contribution in [-0.4, -0.2) is 46.4 Å². The second kappa shape index (κ2) is 6.65. The maximum Gasteiger partial charge on any atom is 0.309 e. The van der Waals surface area contributed by atoms with Crippen molar-refractivity contribution in [1.82, 2.24) is 14.9 Å². The van der Waals surface area contributed by atoms with E-state index in [2.05, 4.69) is 9.97 Å². The SMILES string of the molecule is CCOC(=O)C1CCN(C(=O)c2cncc(Cl)n2)CC1. The Hall–Kier alpha value is -1.69. The van der Waals surface area contributed by atoms with E-state index in [9.17, 15) is 9.59 Å². The van der Waals surface area contributed by atoms with Gasteiger partial charge in [-0.3, -0.25) is 14.6 Å². The molecule has 1 aliphatic rings. The number of carbonyl (C=O) groups is 2. The van der Waals surface area contributed by atoms with Gasteiger partial charge >= 0.3 is 5.97 Å². The van der Waals surface area contributed by atoms with Crippen LogP contribution in [0.15, 0.2) is 12.4 Å². The van der Waals surface area contributed by atoms with Crippen molar-refractivity contribution in [2.75, 3.05) is 19.7 Å². The number of carbonyl (C=O) groups excluding carboxylic acids is 2. The Morgan fingerprint density at radius 3 is 2.70 bits per heavy atom. The van der Waals surface area contributed by atoms with Crippen LogP contribution in [0.5, 0.6) is 0 Å². The van der Waals surface area contributed by atoms with Gasteiger partial charge in [-0.25, -0.2) is 4.98 Å². The molecule has 0 saturated carbocycles. The van der Waals surface area contributed by atoms with E-state index in [0.717, 1.165) is 0 Å². The lowest BCUT2D eigenvalue weighted by atomic mass is 9.97. The zero-order valence-corrected chi connectivity index (χ0v) is 12.0. The maximum atomic E-state index is 12.2. The van der Waals surface area contributed by atoms with Crippen molar-refractivity contribution in [2.24, 2.45) is 5.92 Å². The Bertz CT molecular complexity index is 501. The number of aromatic nitrogens is 2. The van der Waals surface area contributed by atoms with Gasteiger partial charge in [0, 0.05) is 13.1 Å². The average Bonchev–Trinajstić information content (AvgIpc) is 2.47. The Morgan fingerprint density at radius 2 is 2.10 bits per heavy atom. The monoisotopic (exact) mass is 297 g/mol. The molecule has 1 saturated heterocycles. The predicted octanol–water partition coefficient (Wildman–Crippen LogP) is 1.55. The Balaban J connectivity index is 1.93. The molecule has 0 spiro atoms. The molecule has 1 amide bonds.